The highest BCUT2D eigenvalue weighted by Gasteiger charge is 2.35. The molecule has 4 aromatic rings. The predicted octanol–water partition coefficient (Wildman–Crippen LogP) is 7.87. The fourth-order valence-corrected chi connectivity index (χ4v) is 7.07. The Hall–Kier alpha value is -3.85. The van der Waals surface area contributed by atoms with Crippen molar-refractivity contribution in [3.63, 3.8) is 0 Å². The second-order valence-electron chi connectivity index (χ2n) is 11.8. The van der Waals surface area contributed by atoms with Gasteiger partial charge in [0.2, 0.25) is 11.8 Å². The van der Waals surface area contributed by atoms with Crippen LogP contribution < -0.4 is 9.62 Å². The van der Waals surface area contributed by atoms with Crippen LogP contribution in [0.25, 0.3) is 0 Å². The van der Waals surface area contributed by atoms with Gasteiger partial charge in [-0.3, -0.25) is 13.9 Å². The SMILES string of the molecule is CC[C@H](C)NC(=O)[C@H](Cc1ccccc1)N(Cc1c(Cl)cccc1Cl)C(=O)CN(c1ccc(C(C)C)cc1)S(=O)(=O)c1ccccc1. The number of carbonyl (C=O) groups excluding carboxylic acids is 2. The van der Waals surface area contributed by atoms with Crippen LogP contribution in [0.4, 0.5) is 5.69 Å². The lowest BCUT2D eigenvalue weighted by Crippen LogP contribution is -2.54. The lowest BCUT2D eigenvalue weighted by atomic mass is 10.0. The van der Waals surface area contributed by atoms with Crippen LogP contribution in [0.5, 0.6) is 0 Å². The van der Waals surface area contributed by atoms with Crippen molar-refractivity contribution in [2.24, 2.45) is 0 Å². The van der Waals surface area contributed by atoms with Crippen LogP contribution in [-0.4, -0.2) is 43.8 Å². The van der Waals surface area contributed by atoms with E-state index >= 15 is 0 Å². The van der Waals surface area contributed by atoms with Crippen LogP contribution in [0, 0.1) is 0 Å². The minimum Gasteiger partial charge on any atom is -0.352 e. The maximum Gasteiger partial charge on any atom is 0.264 e. The number of nitrogens with zero attached hydrogens (tertiary/aromatic N) is 2. The summed E-state index contributed by atoms with van der Waals surface area (Å²) >= 11 is 13.2. The van der Waals surface area contributed by atoms with Gasteiger partial charge in [0.25, 0.3) is 10.0 Å². The molecule has 0 spiro atoms. The van der Waals surface area contributed by atoms with E-state index in [1.807, 2.05) is 70.2 Å². The van der Waals surface area contributed by atoms with Gasteiger partial charge in [0.1, 0.15) is 12.6 Å². The Balaban J connectivity index is 1.84. The molecule has 0 aliphatic carbocycles. The van der Waals surface area contributed by atoms with Crippen molar-refractivity contribution in [2.75, 3.05) is 10.8 Å². The van der Waals surface area contributed by atoms with E-state index in [4.69, 9.17) is 23.2 Å². The summed E-state index contributed by atoms with van der Waals surface area (Å²) in [7, 11) is -4.20. The smallest absolute Gasteiger partial charge is 0.264 e. The highest BCUT2D eigenvalue weighted by molar-refractivity contribution is 7.92. The Bertz CT molecular complexity index is 1730. The molecule has 0 aromatic heterocycles. The largest absolute Gasteiger partial charge is 0.352 e. The van der Waals surface area contributed by atoms with Gasteiger partial charge in [-0.1, -0.05) is 111 Å². The first kappa shape index (κ1) is 36.0. The molecular weight excluding hydrogens is 653 g/mol. The summed E-state index contributed by atoms with van der Waals surface area (Å²) in [5.41, 5.74) is 2.64. The Labute approximate surface area is 288 Å². The van der Waals surface area contributed by atoms with E-state index in [1.165, 1.54) is 17.0 Å². The van der Waals surface area contributed by atoms with Crippen LogP contribution in [-0.2, 0) is 32.6 Å². The lowest BCUT2D eigenvalue weighted by molar-refractivity contribution is -0.140. The molecule has 0 saturated carbocycles. The molecule has 0 bridgehead atoms. The van der Waals surface area contributed by atoms with Gasteiger partial charge < -0.3 is 10.2 Å². The normalized spacial score (nSPS) is 12.7. The second kappa shape index (κ2) is 16.3. The van der Waals surface area contributed by atoms with E-state index in [9.17, 15) is 18.0 Å². The lowest BCUT2D eigenvalue weighted by Gasteiger charge is -2.34. The number of hydrogen-bond donors (Lipinski definition) is 1. The molecule has 2 amide bonds. The zero-order valence-corrected chi connectivity index (χ0v) is 29.4. The van der Waals surface area contributed by atoms with Crippen LogP contribution in [0.2, 0.25) is 10.0 Å². The third kappa shape index (κ3) is 9.15. The average molecular weight is 695 g/mol. The fourth-order valence-electron chi connectivity index (χ4n) is 5.12. The van der Waals surface area contributed by atoms with Crippen LogP contribution in [0.15, 0.2) is 108 Å². The zero-order chi connectivity index (χ0) is 34.1. The zero-order valence-electron chi connectivity index (χ0n) is 27.1. The van der Waals surface area contributed by atoms with E-state index in [0.717, 1.165) is 15.4 Å². The van der Waals surface area contributed by atoms with Crippen LogP contribution in [0.1, 0.15) is 56.7 Å². The number of rotatable bonds is 14. The van der Waals surface area contributed by atoms with Crippen molar-refractivity contribution in [3.05, 3.63) is 130 Å². The number of anilines is 1. The van der Waals surface area contributed by atoms with Crippen molar-refractivity contribution in [1.82, 2.24) is 10.2 Å². The Morgan fingerprint density at radius 1 is 0.787 bits per heavy atom. The second-order valence-corrected chi connectivity index (χ2v) is 14.5. The molecule has 10 heteroatoms. The number of benzene rings is 4. The summed E-state index contributed by atoms with van der Waals surface area (Å²) in [5.74, 6) is -0.726. The fraction of sp³-hybridized carbons (Fsp3) is 0.297. The molecule has 0 radical (unpaired) electrons. The molecule has 248 valence electrons. The van der Waals surface area contributed by atoms with Gasteiger partial charge in [0, 0.05) is 34.6 Å². The Morgan fingerprint density at radius 3 is 1.91 bits per heavy atom. The first-order chi connectivity index (χ1) is 22.4. The van der Waals surface area contributed by atoms with Gasteiger partial charge in [-0.25, -0.2) is 8.42 Å². The summed E-state index contributed by atoms with van der Waals surface area (Å²) in [5, 5.41) is 3.68. The van der Waals surface area contributed by atoms with Crippen molar-refractivity contribution in [2.45, 2.75) is 70.0 Å². The summed E-state index contributed by atoms with van der Waals surface area (Å²) in [6.07, 6.45) is 0.870. The Morgan fingerprint density at radius 2 is 1.36 bits per heavy atom. The van der Waals surface area contributed by atoms with Crippen molar-refractivity contribution < 1.29 is 18.0 Å². The van der Waals surface area contributed by atoms with Crippen molar-refractivity contribution in [3.8, 4) is 0 Å². The molecule has 2 atom stereocenters. The number of nitrogens with one attached hydrogen (secondary N) is 1. The van der Waals surface area contributed by atoms with Gasteiger partial charge in [-0.05, 0) is 66.8 Å². The maximum atomic E-state index is 14.7. The third-order valence-corrected chi connectivity index (χ3v) is 10.6. The number of halogens is 2. The van der Waals surface area contributed by atoms with Crippen LogP contribution >= 0.6 is 23.2 Å². The third-order valence-electron chi connectivity index (χ3n) is 8.12. The topological polar surface area (TPSA) is 86.8 Å². The van der Waals surface area contributed by atoms with E-state index < -0.39 is 28.5 Å². The van der Waals surface area contributed by atoms with Crippen molar-refractivity contribution in [1.29, 1.82) is 0 Å². The summed E-state index contributed by atoms with van der Waals surface area (Å²) in [6.45, 7) is 7.26. The molecule has 47 heavy (non-hydrogen) atoms. The average Bonchev–Trinajstić information content (AvgIpc) is 3.07. The first-order valence-corrected chi connectivity index (χ1v) is 17.9. The molecule has 0 aliphatic rings. The van der Waals surface area contributed by atoms with Crippen LogP contribution in [0.3, 0.4) is 0 Å². The Kier molecular flexibility index (Phi) is 12.5. The monoisotopic (exact) mass is 693 g/mol. The highest BCUT2D eigenvalue weighted by atomic mass is 35.5. The summed E-state index contributed by atoms with van der Waals surface area (Å²) in [6, 6.07) is 28.4. The minimum absolute atomic E-state index is 0.0387. The highest BCUT2D eigenvalue weighted by Crippen LogP contribution is 2.30. The van der Waals surface area contributed by atoms with E-state index in [-0.39, 0.29) is 35.7 Å². The van der Waals surface area contributed by atoms with E-state index in [2.05, 4.69) is 5.32 Å². The number of carbonyl (C=O) groups is 2. The van der Waals surface area contributed by atoms with Gasteiger partial charge in [0.05, 0.1) is 10.6 Å². The quantitative estimate of drug-likeness (QED) is 0.146. The molecule has 7 nitrogen and oxygen atoms in total. The number of amides is 2. The number of hydrogen-bond acceptors (Lipinski definition) is 4. The summed E-state index contributed by atoms with van der Waals surface area (Å²) in [4.78, 5) is 30.1. The molecule has 0 unspecified atom stereocenters. The van der Waals surface area contributed by atoms with Gasteiger partial charge in [0.15, 0.2) is 0 Å². The summed E-state index contributed by atoms with van der Waals surface area (Å²) < 4.78 is 29.5. The molecule has 1 N–H and O–H groups in total. The molecular formula is C37H41Cl2N3O4S. The van der Waals surface area contributed by atoms with Crippen molar-refractivity contribution >= 4 is 50.7 Å². The van der Waals surface area contributed by atoms with E-state index in [1.54, 1.807) is 48.5 Å². The predicted molar refractivity (Wildman–Crippen MR) is 190 cm³/mol. The molecule has 4 rings (SSSR count). The molecule has 0 fully saturated rings. The van der Waals surface area contributed by atoms with Gasteiger partial charge in [-0.15, -0.1) is 0 Å². The van der Waals surface area contributed by atoms with E-state index in [0.29, 0.717) is 27.7 Å². The molecule has 4 aromatic carbocycles. The molecule has 0 aliphatic heterocycles. The van der Waals surface area contributed by atoms with Gasteiger partial charge >= 0.3 is 0 Å². The first-order valence-electron chi connectivity index (χ1n) is 15.7. The maximum absolute atomic E-state index is 14.7. The standard InChI is InChI=1S/C37H41Cl2N3O4S/c1-5-27(4)40-37(44)35(23-28-13-8-6-9-14-28)41(24-32-33(38)17-12-18-34(32)39)36(43)25-42(30-21-19-29(20-22-30)26(2)3)47(45,46)31-15-10-7-11-16-31/h6-22,26-27,35H,5,23-25H2,1-4H3,(H,40,44)/t27-,35-/m0/s1. The minimum atomic E-state index is -4.20. The molecule has 0 saturated heterocycles. The number of sulfonamides is 1. The van der Waals surface area contributed by atoms with Gasteiger partial charge in [-0.2, -0.15) is 0 Å². The molecule has 0 heterocycles.